The van der Waals surface area contributed by atoms with Gasteiger partial charge in [0.25, 0.3) is 0 Å². The van der Waals surface area contributed by atoms with Crippen molar-refractivity contribution in [3.8, 4) is 0 Å². The highest BCUT2D eigenvalue weighted by Crippen LogP contribution is 2.03. The van der Waals surface area contributed by atoms with Crippen LogP contribution in [0.4, 0.5) is 4.79 Å². The van der Waals surface area contributed by atoms with Gasteiger partial charge >= 0.3 is 6.03 Å². The Morgan fingerprint density at radius 2 is 1.93 bits per heavy atom. The fourth-order valence-corrected chi connectivity index (χ4v) is 1.03. The van der Waals surface area contributed by atoms with E-state index >= 15 is 0 Å². The monoisotopic (exact) mass is 201 g/mol. The minimum atomic E-state index is -0.140. The highest BCUT2D eigenvalue weighted by molar-refractivity contribution is 5.74. The van der Waals surface area contributed by atoms with Crippen LogP contribution in [0.3, 0.4) is 0 Å². The van der Waals surface area contributed by atoms with Crippen molar-refractivity contribution in [2.45, 2.75) is 46.2 Å². The Labute approximate surface area is 86.6 Å². The minimum Gasteiger partial charge on any atom is -0.337 e. The number of carbonyl (C=O) groups is 1. The normalized spacial score (nSPS) is 15.0. The molecule has 0 heterocycles. The maximum Gasteiger partial charge on any atom is 0.315 e. The molecule has 0 radical (unpaired) electrons. The van der Waals surface area contributed by atoms with E-state index in [-0.39, 0.29) is 18.1 Å². The third kappa shape index (κ3) is 5.80. The lowest BCUT2D eigenvalue weighted by Gasteiger charge is -2.19. The van der Waals surface area contributed by atoms with Gasteiger partial charge in [-0.05, 0) is 19.8 Å². The Balaban J connectivity index is 3.66. The second-order valence-electron chi connectivity index (χ2n) is 4.06. The lowest BCUT2D eigenvalue weighted by Crippen LogP contribution is -2.46. The second-order valence-corrected chi connectivity index (χ2v) is 4.06. The first kappa shape index (κ1) is 13.2. The summed E-state index contributed by atoms with van der Waals surface area (Å²) in [6, 6.07) is 0.0616. The van der Waals surface area contributed by atoms with Crippen molar-refractivity contribution in [3.63, 3.8) is 0 Å². The number of carbonyl (C=O) groups excluding carboxylic acids is 1. The number of nitrogens with two attached hydrogens (primary N) is 1. The van der Waals surface area contributed by atoms with Crippen molar-refractivity contribution in [2.24, 2.45) is 11.7 Å². The standard InChI is InChI=1S/C10H23N3O/c1-5-8(4)9(11)6-12-10(14)13-7(2)3/h7-9H,5-6,11H2,1-4H3,(H2,12,13,14). The van der Waals surface area contributed by atoms with E-state index in [4.69, 9.17) is 5.73 Å². The highest BCUT2D eigenvalue weighted by atomic mass is 16.2. The number of nitrogens with one attached hydrogen (secondary N) is 2. The van der Waals surface area contributed by atoms with Crippen LogP contribution < -0.4 is 16.4 Å². The molecule has 2 unspecified atom stereocenters. The van der Waals surface area contributed by atoms with Crippen molar-refractivity contribution < 1.29 is 4.79 Å². The van der Waals surface area contributed by atoms with Gasteiger partial charge in [-0.3, -0.25) is 0 Å². The summed E-state index contributed by atoms with van der Waals surface area (Å²) in [5, 5.41) is 5.50. The lowest BCUT2D eigenvalue weighted by atomic mass is 10.0. The fourth-order valence-electron chi connectivity index (χ4n) is 1.03. The van der Waals surface area contributed by atoms with Gasteiger partial charge in [0.15, 0.2) is 0 Å². The van der Waals surface area contributed by atoms with Gasteiger partial charge in [0.1, 0.15) is 0 Å². The summed E-state index contributed by atoms with van der Waals surface area (Å²) in [4.78, 5) is 11.2. The largest absolute Gasteiger partial charge is 0.337 e. The van der Waals surface area contributed by atoms with Crippen molar-refractivity contribution in [1.82, 2.24) is 10.6 Å². The quantitative estimate of drug-likeness (QED) is 0.623. The Morgan fingerprint density at radius 3 is 2.36 bits per heavy atom. The molecular formula is C10H23N3O. The predicted octanol–water partition coefficient (Wildman–Crippen LogP) is 1.07. The first-order valence-electron chi connectivity index (χ1n) is 5.27. The fraction of sp³-hybridized carbons (Fsp3) is 0.900. The Morgan fingerprint density at radius 1 is 1.36 bits per heavy atom. The molecule has 4 N–H and O–H groups in total. The first-order chi connectivity index (χ1) is 6.47. The molecule has 0 aromatic rings. The highest BCUT2D eigenvalue weighted by Gasteiger charge is 2.11. The van der Waals surface area contributed by atoms with E-state index in [2.05, 4.69) is 24.5 Å². The molecule has 0 bridgehead atoms. The third-order valence-corrected chi connectivity index (χ3v) is 2.29. The van der Waals surface area contributed by atoms with Crippen LogP contribution >= 0.6 is 0 Å². The molecule has 0 rings (SSSR count). The number of hydrogen-bond donors (Lipinski definition) is 3. The number of amides is 2. The molecule has 2 amide bonds. The van der Waals surface area contributed by atoms with E-state index in [0.29, 0.717) is 12.5 Å². The summed E-state index contributed by atoms with van der Waals surface area (Å²) in [6.45, 7) is 8.57. The average molecular weight is 201 g/mol. The molecule has 0 spiro atoms. The van der Waals surface area contributed by atoms with Gasteiger partial charge in [0.05, 0.1) is 0 Å². The maximum atomic E-state index is 11.2. The van der Waals surface area contributed by atoms with Crippen LogP contribution in [0.2, 0.25) is 0 Å². The van der Waals surface area contributed by atoms with Gasteiger partial charge in [-0.15, -0.1) is 0 Å². The van der Waals surface area contributed by atoms with E-state index in [1.54, 1.807) is 0 Å². The van der Waals surface area contributed by atoms with E-state index in [1.165, 1.54) is 0 Å². The van der Waals surface area contributed by atoms with Crippen molar-refractivity contribution in [3.05, 3.63) is 0 Å². The molecule has 0 aromatic heterocycles. The molecule has 4 heteroatoms. The van der Waals surface area contributed by atoms with Gasteiger partial charge in [-0.25, -0.2) is 4.79 Å². The molecule has 0 aliphatic carbocycles. The second kappa shape index (κ2) is 6.65. The van der Waals surface area contributed by atoms with Crippen LogP contribution in [0.5, 0.6) is 0 Å². The maximum absolute atomic E-state index is 11.2. The van der Waals surface area contributed by atoms with Crippen LogP contribution in [-0.4, -0.2) is 24.7 Å². The van der Waals surface area contributed by atoms with Crippen molar-refractivity contribution in [2.75, 3.05) is 6.54 Å². The lowest BCUT2D eigenvalue weighted by molar-refractivity contribution is 0.236. The van der Waals surface area contributed by atoms with Crippen LogP contribution in [-0.2, 0) is 0 Å². The summed E-state index contributed by atoms with van der Waals surface area (Å²) in [5.41, 5.74) is 5.86. The summed E-state index contributed by atoms with van der Waals surface area (Å²) >= 11 is 0. The minimum absolute atomic E-state index is 0.0397. The van der Waals surface area contributed by atoms with Crippen LogP contribution in [0.25, 0.3) is 0 Å². The first-order valence-corrected chi connectivity index (χ1v) is 5.27. The van der Waals surface area contributed by atoms with Gasteiger partial charge in [-0.1, -0.05) is 20.3 Å². The molecule has 84 valence electrons. The summed E-state index contributed by atoms with van der Waals surface area (Å²) in [6.07, 6.45) is 1.04. The van der Waals surface area contributed by atoms with E-state index in [1.807, 2.05) is 13.8 Å². The van der Waals surface area contributed by atoms with Crippen molar-refractivity contribution in [1.29, 1.82) is 0 Å². The smallest absolute Gasteiger partial charge is 0.315 e. The van der Waals surface area contributed by atoms with E-state index in [9.17, 15) is 4.79 Å². The Hall–Kier alpha value is -0.770. The predicted molar refractivity (Wildman–Crippen MR) is 59.1 cm³/mol. The Bertz CT molecular complexity index is 171. The summed E-state index contributed by atoms with van der Waals surface area (Å²) < 4.78 is 0. The topological polar surface area (TPSA) is 67.1 Å². The molecule has 0 saturated carbocycles. The number of urea groups is 1. The van der Waals surface area contributed by atoms with Gasteiger partial charge < -0.3 is 16.4 Å². The zero-order valence-electron chi connectivity index (χ0n) is 9.63. The van der Waals surface area contributed by atoms with E-state index < -0.39 is 0 Å². The van der Waals surface area contributed by atoms with E-state index in [0.717, 1.165) is 6.42 Å². The number of hydrogen-bond acceptors (Lipinski definition) is 2. The van der Waals surface area contributed by atoms with Crippen LogP contribution in [0, 0.1) is 5.92 Å². The molecule has 0 saturated heterocycles. The van der Waals surface area contributed by atoms with Gasteiger partial charge in [0.2, 0.25) is 0 Å². The zero-order chi connectivity index (χ0) is 11.1. The summed E-state index contributed by atoms with van der Waals surface area (Å²) in [7, 11) is 0. The van der Waals surface area contributed by atoms with Gasteiger partial charge in [-0.2, -0.15) is 0 Å². The molecule has 14 heavy (non-hydrogen) atoms. The van der Waals surface area contributed by atoms with Crippen LogP contribution in [0.1, 0.15) is 34.1 Å². The zero-order valence-corrected chi connectivity index (χ0v) is 9.63. The molecule has 4 nitrogen and oxygen atoms in total. The number of rotatable bonds is 5. The molecule has 0 aromatic carbocycles. The molecule has 0 aliphatic rings. The SMILES string of the molecule is CCC(C)C(N)CNC(=O)NC(C)C. The molecule has 0 aliphatic heterocycles. The molecular weight excluding hydrogens is 178 g/mol. The molecule has 2 atom stereocenters. The average Bonchev–Trinajstić information content (AvgIpc) is 2.11. The Kier molecular flexibility index (Phi) is 6.28. The van der Waals surface area contributed by atoms with Gasteiger partial charge in [0, 0.05) is 18.6 Å². The summed E-state index contributed by atoms with van der Waals surface area (Å²) in [5.74, 6) is 0.439. The molecule has 0 fully saturated rings. The van der Waals surface area contributed by atoms with Crippen molar-refractivity contribution >= 4 is 6.03 Å². The third-order valence-electron chi connectivity index (χ3n) is 2.29. The van der Waals surface area contributed by atoms with Crippen LogP contribution in [0.15, 0.2) is 0 Å².